The van der Waals surface area contributed by atoms with Gasteiger partial charge in [0.1, 0.15) is 6.10 Å². The van der Waals surface area contributed by atoms with Crippen LogP contribution in [0.25, 0.3) is 0 Å². The quantitative estimate of drug-likeness (QED) is 0.778. The number of nitrogens with one attached hydrogen (secondary N) is 1. The number of ether oxygens (including phenoxy) is 1. The second kappa shape index (κ2) is 3.70. The van der Waals surface area contributed by atoms with Crippen molar-refractivity contribution in [2.45, 2.75) is 25.5 Å². The molecule has 2 atom stereocenters. The van der Waals surface area contributed by atoms with Crippen molar-refractivity contribution in [3.63, 3.8) is 0 Å². The molecule has 2 unspecified atom stereocenters. The van der Waals surface area contributed by atoms with E-state index >= 15 is 0 Å². The molecule has 0 aromatic heterocycles. The molecule has 74 valence electrons. The van der Waals surface area contributed by atoms with Crippen LogP contribution < -0.4 is 5.32 Å². The van der Waals surface area contributed by atoms with Crippen LogP contribution in [0, 0.1) is 0 Å². The summed E-state index contributed by atoms with van der Waals surface area (Å²) < 4.78 is 5.20. The minimum absolute atomic E-state index is 0.102. The maximum atomic E-state index is 11.1. The number of hydrogen-bond donors (Lipinski definition) is 1. The molecule has 1 heterocycles. The van der Waals surface area contributed by atoms with Gasteiger partial charge in [0.25, 0.3) is 0 Å². The first-order valence-electron chi connectivity index (χ1n) is 4.83. The fourth-order valence-corrected chi connectivity index (χ4v) is 1.72. The Hall–Kier alpha value is -1.51. The van der Waals surface area contributed by atoms with Crippen LogP contribution >= 0.6 is 0 Å². The van der Waals surface area contributed by atoms with Crippen molar-refractivity contribution in [2.24, 2.45) is 0 Å². The van der Waals surface area contributed by atoms with Gasteiger partial charge in [0, 0.05) is 0 Å². The molecule has 1 saturated heterocycles. The van der Waals surface area contributed by atoms with Gasteiger partial charge in [0.2, 0.25) is 0 Å². The highest BCUT2D eigenvalue weighted by atomic mass is 16.6. The third kappa shape index (κ3) is 1.58. The first-order valence-corrected chi connectivity index (χ1v) is 4.83. The largest absolute Gasteiger partial charge is 0.439 e. The van der Waals surface area contributed by atoms with Crippen LogP contribution in [0.15, 0.2) is 30.3 Å². The highest BCUT2D eigenvalue weighted by Gasteiger charge is 2.33. The van der Waals surface area contributed by atoms with Gasteiger partial charge in [-0.1, -0.05) is 37.3 Å². The topological polar surface area (TPSA) is 38.3 Å². The second-order valence-electron chi connectivity index (χ2n) is 3.40. The van der Waals surface area contributed by atoms with Crippen LogP contribution in [0.1, 0.15) is 25.0 Å². The Morgan fingerprint density at radius 1 is 1.36 bits per heavy atom. The summed E-state index contributed by atoms with van der Waals surface area (Å²) in [5.74, 6) is 0. The van der Waals surface area contributed by atoms with E-state index in [1.807, 2.05) is 37.3 Å². The Kier molecular flexibility index (Phi) is 2.39. The molecule has 0 radical (unpaired) electrons. The molecule has 1 aromatic rings. The number of alkyl carbamates (subject to hydrolysis) is 1. The van der Waals surface area contributed by atoms with Gasteiger partial charge >= 0.3 is 6.09 Å². The normalized spacial score (nSPS) is 25.6. The Balaban J connectivity index is 2.22. The summed E-state index contributed by atoms with van der Waals surface area (Å²) in [5, 5.41) is 2.79. The summed E-state index contributed by atoms with van der Waals surface area (Å²) in [6, 6.07) is 9.92. The molecule has 1 aliphatic rings. The zero-order valence-corrected chi connectivity index (χ0v) is 8.07. The van der Waals surface area contributed by atoms with Crippen LogP contribution in [0.5, 0.6) is 0 Å². The SMILES string of the molecule is CCC1NC(=O)OC1c1ccccc1. The van der Waals surface area contributed by atoms with E-state index in [2.05, 4.69) is 5.32 Å². The smallest absolute Gasteiger partial charge is 0.408 e. The summed E-state index contributed by atoms with van der Waals surface area (Å²) in [6.45, 7) is 2.04. The minimum atomic E-state index is -0.314. The van der Waals surface area contributed by atoms with Crippen molar-refractivity contribution in [1.29, 1.82) is 0 Å². The Morgan fingerprint density at radius 3 is 2.71 bits per heavy atom. The number of rotatable bonds is 2. The van der Waals surface area contributed by atoms with E-state index in [0.29, 0.717) is 0 Å². The van der Waals surface area contributed by atoms with E-state index in [9.17, 15) is 4.79 Å². The van der Waals surface area contributed by atoms with Crippen molar-refractivity contribution >= 4 is 6.09 Å². The molecule has 1 N–H and O–H groups in total. The molecule has 14 heavy (non-hydrogen) atoms. The highest BCUT2D eigenvalue weighted by Crippen LogP contribution is 2.27. The fraction of sp³-hybridized carbons (Fsp3) is 0.364. The molecule has 1 aliphatic heterocycles. The van der Waals surface area contributed by atoms with E-state index in [1.165, 1.54) is 0 Å². The number of carbonyl (C=O) groups is 1. The molecule has 1 fully saturated rings. The van der Waals surface area contributed by atoms with Crippen LogP contribution in [-0.2, 0) is 4.74 Å². The lowest BCUT2D eigenvalue weighted by Gasteiger charge is -2.14. The summed E-state index contributed by atoms with van der Waals surface area (Å²) >= 11 is 0. The van der Waals surface area contributed by atoms with Crippen molar-refractivity contribution in [3.8, 4) is 0 Å². The lowest BCUT2D eigenvalue weighted by atomic mass is 10.0. The standard InChI is InChI=1S/C11H13NO2/c1-2-9-10(14-11(13)12-9)8-6-4-3-5-7-8/h3-7,9-10H,2H2,1H3,(H,12,13). The van der Waals surface area contributed by atoms with Crippen LogP contribution in [-0.4, -0.2) is 12.1 Å². The van der Waals surface area contributed by atoms with Gasteiger partial charge in [0.05, 0.1) is 6.04 Å². The molecule has 0 saturated carbocycles. The van der Waals surface area contributed by atoms with Gasteiger partial charge in [-0.25, -0.2) is 4.79 Å². The number of hydrogen-bond acceptors (Lipinski definition) is 2. The van der Waals surface area contributed by atoms with Gasteiger partial charge in [-0.05, 0) is 12.0 Å². The van der Waals surface area contributed by atoms with Crippen LogP contribution in [0.3, 0.4) is 0 Å². The van der Waals surface area contributed by atoms with Gasteiger partial charge in [-0.15, -0.1) is 0 Å². The highest BCUT2D eigenvalue weighted by molar-refractivity contribution is 5.70. The van der Waals surface area contributed by atoms with E-state index < -0.39 is 0 Å². The zero-order valence-electron chi connectivity index (χ0n) is 8.07. The van der Waals surface area contributed by atoms with Crippen LogP contribution in [0.4, 0.5) is 4.79 Å². The molecular weight excluding hydrogens is 178 g/mol. The van der Waals surface area contributed by atoms with Gasteiger partial charge in [-0.3, -0.25) is 0 Å². The molecule has 0 aliphatic carbocycles. The first-order chi connectivity index (χ1) is 6.81. The molecule has 0 spiro atoms. The average Bonchev–Trinajstić information content (AvgIpc) is 2.61. The van der Waals surface area contributed by atoms with Crippen molar-refractivity contribution in [2.75, 3.05) is 0 Å². The number of carbonyl (C=O) groups excluding carboxylic acids is 1. The van der Waals surface area contributed by atoms with Gasteiger partial charge < -0.3 is 10.1 Å². The lowest BCUT2D eigenvalue weighted by molar-refractivity contribution is 0.131. The average molecular weight is 191 g/mol. The molecule has 1 aromatic carbocycles. The second-order valence-corrected chi connectivity index (χ2v) is 3.40. The van der Waals surface area contributed by atoms with Gasteiger partial charge in [-0.2, -0.15) is 0 Å². The predicted octanol–water partition coefficient (Wildman–Crippen LogP) is 2.25. The monoisotopic (exact) mass is 191 g/mol. The molecule has 0 bridgehead atoms. The molecular formula is C11H13NO2. The van der Waals surface area contributed by atoms with Crippen LogP contribution in [0.2, 0.25) is 0 Å². The van der Waals surface area contributed by atoms with E-state index in [0.717, 1.165) is 12.0 Å². The molecule has 2 rings (SSSR count). The van der Waals surface area contributed by atoms with E-state index in [4.69, 9.17) is 4.74 Å². The third-order valence-electron chi connectivity index (χ3n) is 2.47. The minimum Gasteiger partial charge on any atom is -0.439 e. The molecule has 3 heteroatoms. The number of benzene rings is 1. The summed E-state index contributed by atoms with van der Waals surface area (Å²) in [5.41, 5.74) is 1.05. The molecule has 3 nitrogen and oxygen atoms in total. The van der Waals surface area contributed by atoms with Crippen molar-refractivity contribution < 1.29 is 9.53 Å². The Bertz CT molecular complexity index is 323. The zero-order chi connectivity index (χ0) is 9.97. The third-order valence-corrected chi connectivity index (χ3v) is 2.47. The van der Waals surface area contributed by atoms with E-state index in [1.54, 1.807) is 0 Å². The maximum absolute atomic E-state index is 11.1. The number of amides is 1. The maximum Gasteiger partial charge on any atom is 0.408 e. The Morgan fingerprint density at radius 2 is 2.07 bits per heavy atom. The molecule has 1 amide bonds. The lowest BCUT2D eigenvalue weighted by Crippen LogP contribution is -2.26. The fourth-order valence-electron chi connectivity index (χ4n) is 1.72. The van der Waals surface area contributed by atoms with Crippen molar-refractivity contribution in [3.05, 3.63) is 35.9 Å². The summed E-state index contributed by atoms with van der Waals surface area (Å²) in [7, 11) is 0. The summed E-state index contributed by atoms with van der Waals surface area (Å²) in [4.78, 5) is 11.1. The Labute approximate surface area is 83.1 Å². The van der Waals surface area contributed by atoms with Crippen molar-refractivity contribution in [1.82, 2.24) is 5.32 Å². The number of cyclic esters (lactones) is 1. The first kappa shape index (κ1) is 9.06. The summed E-state index contributed by atoms with van der Waals surface area (Å²) in [6.07, 6.45) is 0.435. The van der Waals surface area contributed by atoms with E-state index in [-0.39, 0.29) is 18.2 Å². The predicted molar refractivity (Wildman–Crippen MR) is 52.9 cm³/mol. The van der Waals surface area contributed by atoms with Gasteiger partial charge in [0.15, 0.2) is 0 Å².